The van der Waals surface area contributed by atoms with Crippen molar-refractivity contribution < 1.29 is 27.2 Å². The van der Waals surface area contributed by atoms with E-state index < -0.39 is 27.8 Å². The first kappa shape index (κ1) is 25.5. The highest BCUT2D eigenvalue weighted by Gasteiger charge is 2.34. The van der Waals surface area contributed by atoms with Crippen LogP contribution in [0.15, 0.2) is 53.4 Å². The fourth-order valence-electron chi connectivity index (χ4n) is 3.75. The number of amides is 2. The average Bonchev–Trinajstić information content (AvgIpc) is 2.82. The number of sulfonamides is 1. The Hall–Kier alpha value is -3.11. The highest BCUT2D eigenvalue weighted by Crippen LogP contribution is 2.20. The molecule has 2 aromatic rings. The quantitative estimate of drug-likeness (QED) is 0.601. The molecule has 0 aliphatic carbocycles. The monoisotopic (exact) mass is 489 g/mol. The van der Waals surface area contributed by atoms with Crippen molar-refractivity contribution in [2.45, 2.75) is 31.7 Å². The first-order chi connectivity index (χ1) is 16.0. The molecule has 2 aromatic carbocycles. The number of nitrogens with one attached hydrogen (secondary N) is 1. The summed E-state index contributed by atoms with van der Waals surface area (Å²) in [6, 6.07) is 10.5. The molecule has 0 radical (unpaired) electrons. The summed E-state index contributed by atoms with van der Waals surface area (Å²) in [6.45, 7) is 5.34. The van der Waals surface area contributed by atoms with E-state index >= 15 is 0 Å². The fourth-order valence-corrected chi connectivity index (χ4v) is 5.22. The van der Waals surface area contributed by atoms with Crippen molar-refractivity contribution in [3.63, 3.8) is 0 Å². The third-order valence-corrected chi connectivity index (χ3v) is 7.66. The highest BCUT2D eigenvalue weighted by molar-refractivity contribution is 7.89. The number of carbonyl (C=O) groups excluding carboxylic acids is 3. The lowest BCUT2D eigenvalue weighted by molar-refractivity contribution is -0.135. The van der Waals surface area contributed by atoms with Crippen molar-refractivity contribution in [3.8, 4) is 0 Å². The van der Waals surface area contributed by atoms with E-state index in [1.54, 1.807) is 19.9 Å². The van der Waals surface area contributed by atoms with Crippen molar-refractivity contribution in [2.24, 2.45) is 5.92 Å². The molecule has 0 aromatic heterocycles. The lowest BCUT2D eigenvalue weighted by Crippen LogP contribution is -2.57. The van der Waals surface area contributed by atoms with Crippen molar-refractivity contribution >= 4 is 27.6 Å². The van der Waals surface area contributed by atoms with Crippen LogP contribution in [-0.4, -0.2) is 67.4 Å². The predicted octanol–water partition coefficient (Wildman–Crippen LogP) is 2.32. The number of rotatable bonds is 7. The second kappa shape index (κ2) is 10.4. The fraction of sp³-hybridized carbons (Fsp3) is 0.375. The number of ketones is 1. The number of nitrogens with zero attached hydrogens (tertiary/aromatic N) is 2. The lowest BCUT2D eigenvalue weighted by atomic mass is 10.0. The Kier molecular flexibility index (Phi) is 7.83. The molecule has 182 valence electrons. The molecule has 0 unspecified atom stereocenters. The van der Waals surface area contributed by atoms with Crippen molar-refractivity contribution in [1.29, 1.82) is 0 Å². The van der Waals surface area contributed by atoms with Crippen LogP contribution in [0.1, 0.15) is 41.5 Å². The molecule has 1 aliphatic rings. The number of carbonyl (C=O) groups is 3. The van der Waals surface area contributed by atoms with Crippen LogP contribution in [0.4, 0.5) is 4.39 Å². The Morgan fingerprint density at radius 1 is 0.971 bits per heavy atom. The summed E-state index contributed by atoms with van der Waals surface area (Å²) < 4.78 is 41.3. The minimum absolute atomic E-state index is 0.0252. The molecule has 0 bridgehead atoms. The maximum absolute atomic E-state index is 14.0. The Balaban J connectivity index is 1.68. The van der Waals surface area contributed by atoms with E-state index in [1.807, 2.05) is 0 Å². The van der Waals surface area contributed by atoms with Crippen LogP contribution in [0.2, 0.25) is 0 Å². The van der Waals surface area contributed by atoms with E-state index in [4.69, 9.17) is 0 Å². The van der Waals surface area contributed by atoms with E-state index in [9.17, 15) is 27.2 Å². The van der Waals surface area contributed by atoms with Crippen LogP contribution in [-0.2, 0) is 14.8 Å². The molecular formula is C24H28FN3O5S. The zero-order valence-corrected chi connectivity index (χ0v) is 20.1. The van der Waals surface area contributed by atoms with Crippen LogP contribution in [0.25, 0.3) is 0 Å². The van der Waals surface area contributed by atoms with E-state index in [-0.39, 0.29) is 54.2 Å². The Bertz CT molecular complexity index is 1190. The SMILES string of the molecule is CC(=O)c1cccc(S(=O)(=O)N2CCN(C(=O)[C@@H](NC(=O)c3ccccc3F)C(C)C)CC2)c1. The molecule has 3 rings (SSSR count). The summed E-state index contributed by atoms with van der Waals surface area (Å²) in [5.74, 6) is -2.21. The zero-order chi connectivity index (χ0) is 25.0. The maximum Gasteiger partial charge on any atom is 0.254 e. The molecule has 1 saturated heterocycles. The van der Waals surface area contributed by atoms with Gasteiger partial charge in [0.1, 0.15) is 11.9 Å². The summed E-state index contributed by atoms with van der Waals surface area (Å²) in [5, 5.41) is 2.62. The largest absolute Gasteiger partial charge is 0.340 e. The predicted molar refractivity (Wildman–Crippen MR) is 124 cm³/mol. The Morgan fingerprint density at radius 2 is 1.62 bits per heavy atom. The molecular weight excluding hydrogens is 461 g/mol. The maximum atomic E-state index is 14.0. The zero-order valence-electron chi connectivity index (χ0n) is 19.3. The lowest BCUT2D eigenvalue weighted by Gasteiger charge is -2.36. The van der Waals surface area contributed by atoms with Gasteiger partial charge in [0.05, 0.1) is 10.5 Å². The molecule has 0 spiro atoms. The van der Waals surface area contributed by atoms with Gasteiger partial charge in [-0.3, -0.25) is 14.4 Å². The van der Waals surface area contributed by atoms with Gasteiger partial charge in [-0.25, -0.2) is 12.8 Å². The summed E-state index contributed by atoms with van der Waals surface area (Å²) >= 11 is 0. The second-order valence-electron chi connectivity index (χ2n) is 8.49. The van der Waals surface area contributed by atoms with Gasteiger partial charge < -0.3 is 10.2 Å². The molecule has 1 atom stereocenters. The van der Waals surface area contributed by atoms with Gasteiger partial charge in [0.15, 0.2) is 5.78 Å². The van der Waals surface area contributed by atoms with Crippen molar-refractivity contribution in [3.05, 3.63) is 65.5 Å². The Morgan fingerprint density at radius 3 is 2.21 bits per heavy atom. The van der Waals surface area contributed by atoms with Gasteiger partial charge in [0.2, 0.25) is 15.9 Å². The summed E-state index contributed by atoms with van der Waals surface area (Å²) in [6.07, 6.45) is 0. The van der Waals surface area contributed by atoms with Gasteiger partial charge in [-0.05, 0) is 37.1 Å². The van der Waals surface area contributed by atoms with Crippen LogP contribution in [0, 0.1) is 11.7 Å². The van der Waals surface area contributed by atoms with E-state index in [0.29, 0.717) is 5.56 Å². The molecule has 8 nitrogen and oxygen atoms in total. The number of piperazine rings is 1. The minimum Gasteiger partial charge on any atom is -0.340 e. The van der Waals surface area contributed by atoms with Gasteiger partial charge >= 0.3 is 0 Å². The molecule has 1 heterocycles. The number of hydrogen-bond acceptors (Lipinski definition) is 5. The summed E-state index contributed by atoms with van der Waals surface area (Å²) in [4.78, 5) is 38.8. The first-order valence-electron chi connectivity index (χ1n) is 11.0. The number of hydrogen-bond donors (Lipinski definition) is 1. The number of halogens is 1. The van der Waals surface area contributed by atoms with Crippen molar-refractivity contribution in [2.75, 3.05) is 26.2 Å². The topological polar surface area (TPSA) is 104 Å². The standard InChI is InChI=1S/C24H28FN3O5S/c1-16(2)22(26-23(30)20-9-4-5-10-21(20)25)24(31)27-11-13-28(14-12-27)34(32,33)19-8-6-7-18(15-19)17(3)29/h4-10,15-16,22H,11-14H2,1-3H3,(H,26,30)/t22-/m0/s1. The second-order valence-corrected chi connectivity index (χ2v) is 10.4. The molecule has 10 heteroatoms. The van der Waals surface area contributed by atoms with Crippen molar-refractivity contribution in [1.82, 2.24) is 14.5 Å². The minimum atomic E-state index is -3.83. The number of Topliss-reactive ketones (excluding diaryl/α,β-unsaturated/α-hetero) is 1. The molecule has 1 aliphatic heterocycles. The van der Waals surface area contributed by atoms with Crippen LogP contribution in [0.3, 0.4) is 0 Å². The normalized spacial score (nSPS) is 15.7. The van der Waals surface area contributed by atoms with E-state index in [1.165, 1.54) is 58.6 Å². The summed E-state index contributed by atoms with van der Waals surface area (Å²) in [7, 11) is -3.83. The van der Waals surface area contributed by atoms with Gasteiger partial charge in [-0.2, -0.15) is 4.31 Å². The van der Waals surface area contributed by atoms with Crippen LogP contribution >= 0.6 is 0 Å². The Labute approximate surface area is 198 Å². The first-order valence-corrected chi connectivity index (χ1v) is 12.4. The molecule has 2 amide bonds. The molecule has 1 fully saturated rings. The smallest absolute Gasteiger partial charge is 0.254 e. The van der Waals surface area contributed by atoms with E-state index in [2.05, 4.69) is 5.32 Å². The summed E-state index contributed by atoms with van der Waals surface area (Å²) in [5.41, 5.74) is 0.157. The van der Waals surface area contributed by atoms with Gasteiger partial charge in [-0.15, -0.1) is 0 Å². The van der Waals surface area contributed by atoms with Gasteiger partial charge in [0.25, 0.3) is 5.91 Å². The molecule has 34 heavy (non-hydrogen) atoms. The molecule has 0 saturated carbocycles. The number of benzene rings is 2. The van der Waals surface area contributed by atoms with Crippen LogP contribution < -0.4 is 5.32 Å². The van der Waals surface area contributed by atoms with Gasteiger partial charge in [-0.1, -0.05) is 38.1 Å². The van der Waals surface area contributed by atoms with Crippen LogP contribution in [0.5, 0.6) is 0 Å². The third kappa shape index (κ3) is 5.51. The molecule has 1 N–H and O–H groups in total. The highest BCUT2D eigenvalue weighted by atomic mass is 32.2. The third-order valence-electron chi connectivity index (χ3n) is 5.77. The average molecular weight is 490 g/mol. The van der Waals surface area contributed by atoms with E-state index in [0.717, 1.165) is 0 Å². The van der Waals surface area contributed by atoms with Gasteiger partial charge in [0, 0.05) is 31.7 Å².